The molecule has 3 aromatic carbocycles. The van der Waals surface area contributed by atoms with E-state index in [0.29, 0.717) is 45.2 Å². The van der Waals surface area contributed by atoms with E-state index in [1.165, 1.54) is 0 Å². The number of esters is 1. The van der Waals surface area contributed by atoms with E-state index in [-0.39, 0.29) is 57.0 Å². The number of nitrogens with one attached hydrogen (secondary N) is 2. The maximum absolute atomic E-state index is 13.7. The van der Waals surface area contributed by atoms with E-state index in [2.05, 4.69) is 23.8 Å². The minimum atomic E-state index is -0.715. The molecule has 52 heavy (non-hydrogen) atoms. The number of nitrogens with zero attached hydrogens (tertiary/aromatic N) is 1. The van der Waals surface area contributed by atoms with Crippen molar-refractivity contribution in [2.45, 2.75) is 64.1 Å². The summed E-state index contributed by atoms with van der Waals surface area (Å²) in [6.45, 7) is 8.32. The second-order valence-corrected chi connectivity index (χ2v) is 12.7. The second kappa shape index (κ2) is 24.1. The van der Waals surface area contributed by atoms with Gasteiger partial charge in [-0.3, -0.25) is 14.4 Å². The van der Waals surface area contributed by atoms with Crippen molar-refractivity contribution in [3.8, 4) is 0 Å². The molecule has 3 rings (SSSR count). The molecular formula is C42H53N3O7. The molecule has 10 heteroatoms. The molecule has 0 bridgehead atoms. The van der Waals surface area contributed by atoms with E-state index < -0.39 is 24.0 Å². The summed E-state index contributed by atoms with van der Waals surface area (Å²) in [6, 6.07) is 28.0. The van der Waals surface area contributed by atoms with Crippen molar-refractivity contribution in [1.82, 2.24) is 15.5 Å². The number of hydrogen-bond acceptors (Lipinski definition) is 7. The van der Waals surface area contributed by atoms with Gasteiger partial charge in [-0.1, -0.05) is 103 Å². The average Bonchev–Trinajstić information content (AvgIpc) is 3.16. The number of aliphatic hydroxyl groups is 1. The molecule has 0 unspecified atom stereocenters. The van der Waals surface area contributed by atoms with Crippen LogP contribution in [0.2, 0.25) is 0 Å². The van der Waals surface area contributed by atoms with E-state index in [1.54, 1.807) is 17.1 Å². The number of unbranched alkanes of at least 4 members (excludes halogenated alkanes) is 1. The molecule has 3 N–H and O–H groups in total. The zero-order valence-electron chi connectivity index (χ0n) is 30.0. The monoisotopic (exact) mass is 711 g/mol. The summed E-state index contributed by atoms with van der Waals surface area (Å²) >= 11 is 0. The fourth-order valence-electron chi connectivity index (χ4n) is 5.70. The minimum absolute atomic E-state index is 0.0566. The quantitative estimate of drug-likeness (QED) is 0.0577. The number of carbonyl (C=O) groups is 4. The van der Waals surface area contributed by atoms with E-state index in [4.69, 9.17) is 9.47 Å². The molecule has 0 fully saturated rings. The van der Waals surface area contributed by atoms with Crippen LogP contribution in [0.15, 0.2) is 116 Å². The van der Waals surface area contributed by atoms with Crippen molar-refractivity contribution in [3.63, 3.8) is 0 Å². The topological polar surface area (TPSA) is 134 Å². The molecule has 0 spiro atoms. The molecule has 0 radical (unpaired) electrons. The van der Waals surface area contributed by atoms with Crippen molar-refractivity contribution < 1.29 is 33.8 Å². The lowest BCUT2D eigenvalue weighted by molar-refractivity contribution is -0.150. The largest absolute Gasteiger partial charge is 0.463 e. The van der Waals surface area contributed by atoms with Crippen molar-refractivity contribution in [1.29, 1.82) is 0 Å². The van der Waals surface area contributed by atoms with Gasteiger partial charge in [0.25, 0.3) is 0 Å². The van der Waals surface area contributed by atoms with Gasteiger partial charge in [0.1, 0.15) is 13.2 Å². The van der Waals surface area contributed by atoms with E-state index in [0.717, 1.165) is 16.7 Å². The molecule has 278 valence electrons. The van der Waals surface area contributed by atoms with Crippen LogP contribution < -0.4 is 10.6 Å². The number of benzene rings is 3. The van der Waals surface area contributed by atoms with Crippen molar-refractivity contribution in [2.24, 2.45) is 11.8 Å². The highest BCUT2D eigenvalue weighted by atomic mass is 16.5. The zero-order valence-corrected chi connectivity index (χ0v) is 30.0. The van der Waals surface area contributed by atoms with Crippen LogP contribution >= 0.6 is 0 Å². The van der Waals surface area contributed by atoms with Gasteiger partial charge >= 0.3 is 12.1 Å². The summed E-state index contributed by atoms with van der Waals surface area (Å²) in [4.78, 5) is 54.1. The standard InChI is InChI=1S/C42H53N3O7/c1-3-16-36(29-39(47)45(26-27-46)30-34-20-10-6-11-21-34)40(48)44-38(24-14-15-25-43-42(50)52-31-35-22-12-7-13-23-35)32-51-41(49)37(17-4-2)28-33-18-8-5-9-19-33/h3-13,18-23,36-38,46H,1-2,14-17,24-32H2,(H,43,50)(H,44,48)/t36-,37+,38-/m0/s1. The summed E-state index contributed by atoms with van der Waals surface area (Å²) < 4.78 is 11.1. The number of carbonyl (C=O) groups excluding carboxylic acids is 4. The molecule has 0 aliphatic rings. The maximum atomic E-state index is 13.7. The summed E-state index contributed by atoms with van der Waals surface area (Å²) in [5, 5.41) is 15.4. The highest BCUT2D eigenvalue weighted by Gasteiger charge is 2.27. The predicted octanol–water partition coefficient (Wildman–Crippen LogP) is 6.15. The Kier molecular flexibility index (Phi) is 19.1. The molecule has 10 nitrogen and oxygen atoms in total. The Labute approximate surface area is 307 Å². The number of amides is 3. The number of aliphatic hydroxyl groups excluding tert-OH is 1. The Hall–Kier alpha value is -5.22. The third-order valence-electron chi connectivity index (χ3n) is 8.53. The van der Waals surface area contributed by atoms with Gasteiger partial charge < -0.3 is 30.1 Å². The summed E-state index contributed by atoms with van der Waals surface area (Å²) in [5.74, 6) is -2.15. The Morgan fingerprint density at radius 1 is 0.769 bits per heavy atom. The first-order chi connectivity index (χ1) is 25.3. The summed E-state index contributed by atoms with van der Waals surface area (Å²) in [5.41, 5.74) is 2.81. The van der Waals surface area contributed by atoms with Crippen LogP contribution in [0, 0.1) is 11.8 Å². The Morgan fingerprint density at radius 2 is 1.37 bits per heavy atom. The van der Waals surface area contributed by atoms with Crippen molar-refractivity contribution in [3.05, 3.63) is 133 Å². The van der Waals surface area contributed by atoms with Crippen LogP contribution in [0.4, 0.5) is 4.79 Å². The van der Waals surface area contributed by atoms with Gasteiger partial charge in [-0.2, -0.15) is 0 Å². The smallest absolute Gasteiger partial charge is 0.407 e. The van der Waals surface area contributed by atoms with Crippen LogP contribution in [0.5, 0.6) is 0 Å². The molecule has 0 saturated heterocycles. The highest BCUT2D eigenvalue weighted by Crippen LogP contribution is 2.18. The van der Waals surface area contributed by atoms with Crippen LogP contribution in [0.25, 0.3) is 0 Å². The first-order valence-corrected chi connectivity index (χ1v) is 17.9. The lowest BCUT2D eigenvalue weighted by Gasteiger charge is -2.26. The van der Waals surface area contributed by atoms with Crippen LogP contribution in [0.3, 0.4) is 0 Å². The highest BCUT2D eigenvalue weighted by molar-refractivity contribution is 5.86. The van der Waals surface area contributed by atoms with Gasteiger partial charge in [0.2, 0.25) is 11.8 Å². The number of ether oxygens (including phenoxy) is 2. The van der Waals surface area contributed by atoms with Crippen molar-refractivity contribution in [2.75, 3.05) is 26.3 Å². The fourth-order valence-corrected chi connectivity index (χ4v) is 5.70. The minimum Gasteiger partial charge on any atom is -0.463 e. The maximum Gasteiger partial charge on any atom is 0.407 e. The van der Waals surface area contributed by atoms with Gasteiger partial charge in [-0.05, 0) is 55.2 Å². The number of rotatable bonds is 24. The number of allylic oxidation sites excluding steroid dienone is 2. The fraction of sp³-hybridized carbons (Fsp3) is 0.381. The van der Waals surface area contributed by atoms with Gasteiger partial charge in [0.05, 0.1) is 24.5 Å². The predicted molar refractivity (Wildman–Crippen MR) is 202 cm³/mol. The number of alkyl carbamates (subject to hydrolysis) is 1. The molecule has 0 heterocycles. The molecule has 3 atom stereocenters. The lowest BCUT2D eigenvalue weighted by atomic mass is 9.96. The second-order valence-electron chi connectivity index (χ2n) is 12.7. The molecule has 3 aromatic rings. The number of hydrogen-bond donors (Lipinski definition) is 3. The van der Waals surface area contributed by atoms with Crippen LogP contribution in [-0.4, -0.2) is 66.2 Å². The third kappa shape index (κ3) is 15.8. The van der Waals surface area contributed by atoms with Gasteiger partial charge in [-0.25, -0.2) is 4.79 Å². The van der Waals surface area contributed by atoms with Gasteiger partial charge in [0.15, 0.2) is 0 Å². The van der Waals surface area contributed by atoms with E-state index in [1.807, 2.05) is 91.0 Å². The van der Waals surface area contributed by atoms with Crippen LogP contribution in [0.1, 0.15) is 55.2 Å². The molecule has 0 aliphatic heterocycles. The van der Waals surface area contributed by atoms with Gasteiger partial charge in [0, 0.05) is 26.1 Å². The molecule has 0 aromatic heterocycles. The Morgan fingerprint density at radius 3 is 1.98 bits per heavy atom. The average molecular weight is 712 g/mol. The SMILES string of the molecule is C=CC[C@@H](CC(=O)N(CCO)Cc1ccccc1)C(=O)N[C@@H](CCCCNC(=O)OCc1ccccc1)COC(=O)[C@H](CC=C)Cc1ccccc1. The van der Waals surface area contributed by atoms with E-state index >= 15 is 0 Å². The first-order valence-electron chi connectivity index (χ1n) is 17.9. The normalized spacial score (nSPS) is 12.4. The molecule has 0 saturated carbocycles. The van der Waals surface area contributed by atoms with Crippen LogP contribution in [-0.2, 0) is 43.4 Å². The summed E-state index contributed by atoms with van der Waals surface area (Å²) in [6.07, 6.45) is 5.55. The summed E-state index contributed by atoms with van der Waals surface area (Å²) in [7, 11) is 0. The molecule has 0 aliphatic carbocycles. The lowest BCUT2D eigenvalue weighted by Crippen LogP contribution is -2.44. The molecule has 3 amide bonds. The Balaban J connectivity index is 1.62. The first kappa shape index (κ1) is 41.2. The van der Waals surface area contributed by atoms with E-state index in [9.17, 15) is 24.3 Å². The molecular weight excluding hydrogens is 658 g/mol. The third-order valence-corrected chi connectivity index (χ3v) is 8.53. The van der Waals surface area contributed by atoms with Gasteiger partial charge in [-0.15, -0.1) is 13.2 Å². The Bertz CT molecular complexity index is 1520. The van der Waals surface area contributed by atoms with Crippen molar-refractivity contribution >= 4 is 23.9 Å². The zero-order chi connectivity index (χ0) is 37.4.